The SMILES string of the molecule is c1ccc(-c2cc(-c3ccc4c5ccccc5n(-c5ccccc5)c4c3)ccc2Nc2cccc3oc4ccccc4c23)cc1. The van der Waals surface area contributed by atoms with Crippen LogP contribution in [0.4, 0.5) is 11.4 Å². The van der Waals surface area contributed by atoms with Crippen LogP contribution in [0.3, 0.4) is 0 Å². The largest absolute Gasteiger partial charge is 0.456 e. The third-order valence-corrected chi connectivity index (χ3v) is 8.80. The maximum absolute atomic E-state index is 6.18. The van der Waals surface area contributed by atoms with Gasteiger partial charge in [0.15, 0.2) is 0 Å². The maximum atomic E-state index is 6.18. The molecule has 0 bridgehead atoms. The van der Waals surface area contributed by atoms with Gasteiger partial charge in [-0.3, -0.25) is 0 Å². The molecule has 0 saturated heterocycles. The summed E-state index contributed by atoms with van der Waals surface area (Å²) < 4.78 is 8.55. The second kappa shape index (κ2) is 10.3. The molecule has 0 saturated carbocycles. The third kappa shape index (κ3) is 4.21. The molecule has 0 aliphatic carbocycles. The lowest BCUT2D eigenvalue weighted by atomic mass is 9.96. The van der Waals surface area contributed by atoms with Crippen LogP contribution in [-0.2, 0) is 0 Å². The van der Waals surface area contributed by atoms with E-state index >= 15 is 0 Å². The second-order valence-electron chi connectivity index (χ2n) is 11.4. The minimum Gasteiger partial charge on any atom is -0.456 e. The maximum Gasteiger partial charge on any atom is 0.137 e. The molecule has 0 unspecified atom stereocenters. The van der Waals surface area contributed by atoms with E-state index in [0.717, 1.165) is 55.7 Å². The van der Waals surface area contributed by atoms with E-state index in [2.05, 4.69) is 149 Å². The molecular weight excluding hydrogens is 548 g/mol. The Morgan fingerprint density at radius 1 is 0.422 bits per heavy atom. The van der Waals surface area contributed by atoms with Crippen LogP contribution < -0.4 is 5.32 Å². The van der Waals surface area contributed by atoms with Crippen LogP contribution >= 0.6 is 0 Å². The fourth-order valence-electron chi connectivity index (χ4n) is 6.72. The zero-order valence-corrected chi connectivity index (χ0v) is 24.4. The summed E-state index contributed by atoms with van der Waals surface area (Å²) in [5, 5.41) is 8.49. The molecule has 3 nitrogen and oxygen atoms in total. The van der Waals surface area contributed by atoms with Crippen LogP contribution in [0.1, 0.15) is 0 Å². The van der Waals surface area contributed by atoms with Gasteiger partial charge in [0.1, 0.15) is 11.2 Å². The van der Waals surface area contributed by atoms with Crippen LogP contribution in [0, 0.1) is 0 Å². The molecule has 212 valence electrons. The van der Waals surface area contributed by atoms with Crippen molar-refractivity contribution in [3.8, 4) is 27.9 Å². The highest BCUT2D eigenvalue weighted by Crippen LogP contribution is 2.40. The van der Waals surface area contributed by atoms with Crippen molar-refractivity contribution in [2.75, 3.05) is 5.32 Å². The fraction of sp³-hybridized carbons (Fsp3) is 0. The number of furan rings is 1. The molecule has 2 heterocycles. The summed E-state index contributed by atoms with van der Waals surface area (Å²) in [6.45, 7) is 0. The van der Waals surface area contributed by atoms with Gasteiger partial charge in [-0.15, -0.1) is 0 Å². The Kier molecular flexibility index (Phi) is 5.82. The van der Waals surface area contributed by atoms with E-state index in [-0.39, 0.29) is 0 Å². The van der Waals surface area contributed by atoms with Gasteiger partial charge in [-0.2, -0.15) is 0 Å². The van der Waals surface area contributed by atoms with Crippen LogP contribution in [0.2, 0.25) is 0 Å². The number of rotatable bonds is 5. The second-order valence-corrected chi connectivity index (χ2v) is 11.4. The number of para-hydroxylation sites is 3. The Hall–Kier alpha value is -6.06. The molecule has 0 atom stereocenters. The third-order valence-electron chi connectivity index (χ3n) is 8.80. The summed E-state index contributed by atoms with van der Waals surface area (Å²) in [5.41, 5.74) is 12.0. The molecular formula is C42H28N2O. The average Bonchev–Trinajstić information content (AvgIpc) is 3.65. The summed E-state index contributed by atoms with van der Waals surface area (Å²) >= 11 is 0. The molecule has 2 aromatic heterocycles. The van der Waals surface area contributed by atoms with Gasteiger partial charge in [-0.05, 0) is 71.3 Å². The molecule has 0 aliphatic heterocycles. The number of hydrogen-bond donors (Lipinski definition) is 1. The van der Waals surface area contributed by atoms with E-state index in [1.807, 2.05) is 24.3 Å². The monoisotopic (exact) mass is 576 g/mol. The zero-order valence-electron chi connectivity index (χ0n) is 24.4. The Morgan fingerprint density at radius 3 is 1.96 bits per heavy atom. The summed E-state index contributed by atoms with van der Waals surface area (Å²) in [6.07, 6.45) is 0. The number of aromatic nitrogens is 1. The van der Waals surface area contributed by atoms with E-state index in [0.29, 0.717) is 0 Å². The molecule has 0 radical (unpaired) electrons. The van der Waals surface area contributed by atoms with Crippen molar-refractivity contribution in [2.24, 2.45) is 0 Å². The quantitative estimate of drug-likeness (QED) is 0.221. The van der Waals surface area contributed by atoms with Crippen LogP contribution in [0.25, 0.3) is 71.7 Å². The van der Waals surface area contributed by atoms with Crippen molar-refractivity contribution in [2.45, 2.75) is 0 Å². The fourth-order valence-corrected chi connectivity index (χ4v) is 6.72. The van der Waals surface area contributed by atoms with E-state index in [1.54, 1.807) is 0 Å². The molecule has 9 aromatic rings. The molecule has 9 rings (SSSR count). The lowest BCUT2D eigenvalue weighted by Crippen LogP contribution is -1.95. The number of fused-ring (bicyclic) bond motifs is 6. The highest BCUT2D eigenvalue weighted by atomic mass is 16.3. The Balaban J connectivity index is 1.21. The number of nitrogens with one attached hydrogen (secondary N) is 1. The van der Waals surface area contributed by atoms with Gasteiger partial charge < -0.3 is 14.3 Å². The Labute approximate surface area is 260 Å². The van der Waals surface area contributed by atoms with Crippen molar-refractivity contribution in [1.29, 1.82) is 0 Å². The average molecular weight is 577 g/mol. The van der Waals surface area contributed by atoms with Crippen LogP contribution in [0.15, 0.2) is 168 Å². The summed E-state index contributed by atoms with van der Waals surface area (Å²) in [7, 11) is 0. The van der Waals surface area contributed by atoms with Gasteiger partial charge in [0.05, 0.1) is 22.1 Å². The molecule has 45 heavy (non-hydrogen) atoms. The number of hydrogen-bond acceptors (Lipinski definition) is 2. The topological polar surface area (TPSA) is 30.1 Å². The number of anilines is 2. The summed E-state index contributed by atoms with van der Waals surface area (Å²) in [6, 6.07) is 57.9. The van der Waals surface area contributed by atoms with Gasteiger partial charge in [-0.1, -0.05) is 109 Å². The Morgan fingerprint density at radius 2 is 1.09 bits per heavy atom. The summed E-state index contributed by atoms with van der Waals surface area (Å²) in [4.78, 5) is 0. The van der Waals surface area contributed by atoms with Crippen molar-refractivity contribution in [3.63, 3.8) is 0 Å². The summed E-state index contributed by atoms with van der Waals surface area (Å²) in [5.74, 6) is 0. The highest BCUT2D eigenvalue weighted by Gasteiger charge is 2.16. The molecule has 0 aliphatic rings. The van der Waals surface area contributed by atoms with Gasteiger partial charge in [0.25, 0.3) is 0 Å². The molecule has 0 spiro atoms. The van der Waals surface area contributed by atoms with Gasteiger partial charge in [0, 0.05) is 33.1 Å². The minimum atomic E-state index is 0.876. The molecule has 0 amide bonds. The van der Waals surface area contributed by atoms with E-state index in [9.17, 15) is 0 Å². The highest BCUT2D eigenvalue weighted by molar-refractivity contribution is 6.13. The first-order valence-corrected chi connectivity index (χ1v) is 15.3. The predicted octanol–water partition coefficient (Wildman–Crippen LogP) is 11.8. The first-order chi connectivity index (χ1) is 22.3. The van der Waals surface area contributed by atoms with E-state index in [1.165, 1.54) is 27.4 Å². The van der Waals surface area contributed by atoms with Crippen molar-refractivity contribution < 1.29 is 4.42 Å². The number of nitrogens with zero attached hydrogens (tertiary/aromatic N) is 1. The van der Waals surface area contributed by atoms with E-state index < -0.39 is 0 Å². The van der Waals surface area contributed by atoms with Gasteiger partial charge in [-0.25, -0.2) is 0 Å². The number of benzene rings is 7. The smallest absolute Gasteiger partial charge is 0.137 e. The Bertz CT molecular complexity index is 2510. The molecule has 7 aromatic carbocycles. The van der Waals surface area contributed by atoms with Crippen molar-refractivity contribution in [3.05, 3.63) is 164 Å². The van der Waals surface area contributed by atoms with Crippen molar-refractivity contribution >= 4 is 55.1 Å². The standard InChI is InChI=1S/C42H28N2O/c1-3-12-28(13-4-1)35-26-29(23-25-36(35)43-37-18-11-21-41-42(37)34-17-8-10-20-40(34)45-41)30-22-24-33-32-16-7-9-19-38(32)44(39(33)27-30)31-14-5-2-6-15-31/h1-27,43H. The molecule has 0 fully saturated rings. The van der Waals surface area contributed by atoms with E-state index in [4.69, 9.17) is 4.42 Å². The van der Waals surface area contributed by atoms with Crippen LogP contribution in [0.5, 0.6) is 0 Å². The first kappa shape index (κ1) is 25.4. The minimum absolute atomic E-state index is 0.876. The molecule has 3 heteroatoms. The van der Waals surface area contributed by atoms with Crippen LogP contribution in [-0.4, -0.2) is 4.57 Å². The van der Waals surface area contributed by atoms with Crippen molar-refractivity contribution in [1.82, 2.24) is 4.57 Å². The van der Waals surface area contributed by atoms with Gasteiger partial charge in [0.2, 0.25) is 0 Å². The predicted molar refractivity (Wildman–Crippen MR) is 189 cm³/mol. The zero-order chi connectivity index (χ0) is 29.7. The normalized spacial score (nSPS) is 11.6. The molecule has 1 N–H and O–H groups in total. The van der Waals surface area contributed by atoms with Gasteiger partial charge >= 0.3 is 0 Å². The lowest BCUT2D eigenvalue weighted by molar-refractivity contribution is 0.669. The lowest BCUT2D eigenvalue weighted by Gasteiger charge is -2.16. The first-order valence-electron chi connectivity index (χ1n) is 15.3.